The first kappa shape index (κ1) is 14.2. The van der Waals surface area contributed by atoms with Crippen molar-refractivity contribution in [1.29, 1.82) is 0 Å². The normalized spacial score (nSPS) is 17.7. The summed E-state index contributed by atoms with van der Waals surface area (Å²) in [6.45, 7) is 7.69. The fraction of sp³-hybridized carbons (Fsp3) is 0.562. The predicted octanol–water partition coefficient (Wildman–Crippen LogP) is 2.64. The van der Waals surface area contributed by atoms with Crippen LogP contribution in [0.15, 0.2) is 18.2 Å². The summed E-state index contributed by atoms with van der Waals surface area (Å²) in [5.41, 5.74) is 6.70. The number of fused-ring (bicyclic) bond motifs is 1. The monoisotopic (exact) mass is 288 g/mol. The molecule has 1 saturated heterocycles. The van der Waals surface area contributed by atoms with E-state index in [1.165, 1.54) is 25.9 Å². The van der Waals surface area contributed by atoms with Gasteiger partial charge in [-0.05, 0) is 57.8 Å². The third-order valence-corrected chi connectivity index (χ3v) is 4.43. The maximum atomic E-state index is 5.95. The van der Waals surface area contributed by atoms with E-state index in [0.717, 1.165) is 23.3 Å². The first-order valence-corrected chi connectivity index (χ1v) is 7.74. The summed E-state index contributed by atoms with van der Waals surface area (Å²) in [7, 11) is 0. The van der Waals surface area contributed by atoms with E-state index in [9.17, 15) is 0 Å². The SMILES string of the molecule is CC(C)N1CCC(COc2ccc3c(N)n[nH]c3c2)CC1. The lowest BCUT2D eigenvalue weighted by molar-refractivity contribution is 0.119. The Hall–Kier alpha value is -1.75. The van der Waals surface area contributed by atoms with Crippen LogP contribution < -0.4 is 10.5 Å². The molecule has 1 aliphatic rings. The number of nitrogens with zero attached hydrogens (tertiary/aromatic N) is 2. The second-order valence-corrected chi connectivity index (χ2v) is 6.20. The average molecular weight is 288 g/mol. The molecule has 0 spiro atoms. The lowest BCUT2D eigenvalue weighted by atomic mass is 9.97. The van der Waals surface area contributed by atoms with Gasteiger partial charge in [-0.2, -0.15) is 5.10 Å². The average Bonchev–Trinajstić information content (AvgIpc) is 2.86. The maximum Gasteiger partial charge on any atom is 0.153 e. The number of anilines is 1. The van der Waals surface area contributed by atoms with Crippen molar-refractivity contribution in [3.63, 3.8) is 0 Å². The molecule has 5 nitrogen and oxygen atoms in total. The van der Waals surface area contributed by atoms with E-state index in [1.807, 2.05) is 18.2 Å². The van der Waals surface area contributed by atoms with Gasteiger partial charge in [0.1, 0.15) is 5.75 Å². The molecule has 0 unspecified atom stereocenters. The van der Waals surface area contributed by atoms with Crippen LogP contribution in [-0.2, 0) is 0 Å². The Kier molecular flexibility index (Phi) is 4.01. The molecule has 0 atom stereocenters. The molecule has 1 fully saturated rings. The largest absolute Gasteiger partial charge is 0.493 e. The molecule has 0 bridgehead atoms. The van der Waals surface area contributed by atoms with Gasteiger partial charge in [0.2, 0.25) is 0 Å². The molecule has 5 heteroatoms. The highest BCUT2D eigenvalue weighted by molar-refractivity contribution is 5.89. The third kappa shape index (κ3) is 3.13. The van der Waals surface area contributed by atoms with Gasteiger partial charge >= 0.3 is 0 Å². The molecule has 0 amide bonds. The molecule has 21 heavy (non-hydrogen) atoms. The summed E-state index contributed by atoms with van der Waals surface area (Å²) in [6.07, 6.45) is 2.44. The van der Waals surface area contributed by atoms with Gasteiger partial charge in [-0.3, -0.25) is 5.10 Å². The van der Waals surface area contributed by atoms with Gasteiger partial charge < -0.3 is 15.4 Å². The van der Waals surface area contributed by atoms with Crippen molar-refractivity contribution in [3.05, 3.63) is 18.2 Å². The van der Waals surface area contributed by atoms with E-state index in [4.69, 9.17) is 10.5 Å². The molecule has 1 aromatic carbocycles. The van der Waals surface area contributed by atoms with Crippen LogP contribution >= 0.6 is 0 Å². The smallest absolute Gasteiger partial charge is 0.153 e. The molecule has 3 rings (SSSR count). The van der Waals surface area contributed by atoms with Crippen molar-refractivity contribution >= 4 is 16.7 Å². The number of nitrogens with one attached hydrogen (secondary N) is 1. The second-order valence-electron chi connectivity index (χ2n) is 6.20. The Morgan fingerprint density at radius 1 is 1.38 bits per heavy atom. The molecule has 3 N–H and O–H groups in total. The van der Waals surface area contributed by atoms with E-state index in [1.54, 1.807) is 0 Å². The van der Waals surface area contributed by atoms with E-state index in [2.05, 4.69) is 28.9 Å². The summed E-state index contributed by atoms with van der Waals surface area (Å²) < 4.78 is 5.95. The molecule has 0 aliphatic carbocycles. The topological polar surface area (TPSA) is 67.2 Å². The summed E-state index contributed by atoms with van der Waals surface area (Å²) in [5, 5.41) is 7.88. The molecule has 2 heterocycles. The van der Waals surface area contributed by atoms with E-state index in [-0.39, 0.29) is 0 Å². The Bertz CT molecular complexity index is 599. The Morgan fingerprint density at radius 2 is 2.14 bits per heavy atom. The molecule has 0 radical (unpaired) electrons. The molecule has 114 valence electrons. The summed E-state index contributed by atoms with van der Waals surface area (Å²) in [4.78, 5) is 2.54. The summed E-state index contributed by atoms with van der Waals surface area (Å²) >= 11 is 0. The van der Waals surface area contributed by atoms with Gasteiger partial charge in [-0.1, -0.05) is 0 Å². The van der Waals surface area contributed by atoms with Crippen LogP contribution in [0.25, 0.3) is 10.9 Å². The van der Waals surface area contributed by atoms with Crippen molar-refractivity contribution in [2.45, 2.75) is 32.7 Å². The number of benzene rings is 1. The minimum atomic E-state index is 0.539. The molecular weight excluding hydrogens is 264 g/mol. The Balaban J connectivity index is 1.55. The zero-order valence-corrected chi connectivity index (χ0v) is 12.8. The number of nitrogens with two attached hydrogens (primary N) is 1. The number of nitrogen functional groups attached to an aromatic ring is 1. The molecule has 1 aromatic heterocycles. The van der Waals surface area contributed by atoms with Gasteiger partial charge in [0, 0.05) is 17.5 Å². The highest BCUT2D eigenvalue weighted by Crippen LogP contribution is 2.25. The standard InChI is InChI=1S/C16H24N4O/c1-11(2)20-7-5-12(6-8-20)10-21-13-3-4-14-15(9-13)18-19-16(14)17/h3-4,9,11-12H,5-8,10H2,1-2H3,(H3,17,18,19). The number of hydrogen-bond acceptors (Lipinski definition) is 4. The fourth-order valence-corrected chi connectivity index (χ4v) is 2.96. The Morgan fingerprint density at radius 3 is 2.86 bits per heavy atom. The van der Waals surface area contributed by atoms with Crippen molar-refractivity contribution in [1.82, 2.24) is 15.1 Å². The van der Waals surface area contributed by atoms with E-state index >= 15 is 0 Å². The van der Waals surface area contributed by atoms with Crippen LogP contribution in [0.4, 0.5) is 5.82 Å². The van der Waals surface area contributed by atoms with Gasteiger partial charge in [-0.15, -0.1) is 0 Å². The highest BCUT2D eigenvalue weighted by Gasteiger charge is 2.21. The van der Waals surface area contributed by atoms with E-state index in [0.29, 0.717) is 17.8 Å². The van der Waals surface area contributed by atoms with Crippen LogP contribution in [0.2, 0.25) is 0 Å². The van der Waals surface area contributed by atoms with Crippen molar-refractivity contribution in [3.8, 4) is 5.75 Å². The third-order valence-electron chi connectivity index (χ3n) is 4.43. The zero-order chi connectivity index (χ0) is 14.8. The number of aromatic amines is 1. The first-order valence-electron chi connectivity index (χ1n) is 7.74. The number of likely N-dealkylation sites (tertiary alicyclic amines) is 1. The summed E-state index contributed by atoms with van der Waals surface area (Å²) in [5.74, 6) is 2.08. The lowest BCUT2D eigenvalue weighted by Gasteiger charge is -2.34. The predicted molar refractivity (Wildman–Crippen MR) is 85.4 cm³/mol. The minimum absolute atomic E-state index is 0.539. The van der Waals surface area contributed by atoms with Crippen molar-refractivity contribution in [2.75, 3.05) is 25.4 Å². The van der Waals surface area contributed by atoms with Crippen LogP contribution in [0, 0.1) is 5.92 Å². The van der Waals surface area contributed by atoms with Crippen LogP contribution in [0.5, 0.6) is 5.75 Å². The zero-order valence-electron chi connectivity index (χ0n) is 12.8. The number of aromatic nitrogens is 2. The van der Waals surface area contributed by atoms with Gasteiger partial charge in [0.25, 0.3) is 0 Å². The molecule has 2 aromatic rings. The number of piperidine rings is 1. The van der Waals surface area contributed by atoms with Crippen LogP contribution in [-0.4, -0.2) is 40.8 Å². The Labute approximate surface area is 125 Å². The first-order chi connectivity index (χ1) is 10.1. The molecule has 0 saturated carbocycles. The van der Waals surface area contributed by atoms with Gasteiger partial charge in [-0.25, -0.2) is 0 Å². The summed E-state index contributed by atoms with van der Waals surface area (Å²) in [6, 6.07) is 6.56. The quantitative estimate of drug-likeness (QED) is 0.907. The second kappa shape index (κ2) is 5.93. The van der Waals surface area contributed by atoms with E-state index < -0.39 is 0 Å². The van der Waals surface area contributed by atoms with Crippen molar-refractivity contribution in [2.24, 2.45) is 5.92 Å². The number of ether oxygens (including phenoxy) is 1. The van der Waals surface area contributed by atoms with Gasteiger partial charge in [0.05, 0.1) is 12.1 Å². The van der Waals surface area contributed by atoms with Crippen molar-refractivity contribution < 1.29 is 4.74 Å². The van der Waals surface area contributed by atoms with Crippen LogP contribution in [0.1, 0.15) is 26.7 Å². The maximum absolute atomic E-state index is 5.95. The fourth-order valence-electron chi connectivity index (χ4n) is 2.96. The minimum Gasteiger partial charge on any atom is -0.493 e. The molecule has 1 aliphatic heterocycles. The number of hydrogen-bond donors (Lipinski definition) is 2. The molecular formula is C16H24N4O. The van der Waals surface area contributed by atoms with Gasteiger partial charge in [0.15, 0.2) is 5.82 Å². The lowest BCUT2D eigenvalue weighted by Crippen LogP contribution is -2.39. The number of rotatable bonds is 4. The number of H-pyrrole nitrogens is 1. The highest BCUT2D eigenvalue weighted by atomic mass is 16.5. The van der Waals surface area contributed by atoms with Crippen LogP contribution in [0.3, 0.4) is 0 Å².